The van der Waals surface area contributed by atoms with Gasteiger partial charge in [0, 0.05) is 32.1 Å². The normalized spacial score (nSPS) is 12.7. The summed E-state index contributed by atoms with van der Waals surface area (Å²) < 4.78 is 13.3. The third kappa shape index (κ3) is 4.49. The Morgan fingerprint density at radius 1 is 1.00 bits per heavy atom. The van der Waals surface area contributed by atoms with E-state index in [1.54, 1.807) is 14.2 Å². The van der Waals surface area contributed by atoms with Crippen molar-refractivity contribution in [3.63, 3.8) is 0 Å². The van der Waals surface area contributed by atoms with Crippen molar-refractivity contribution in [2.24, 2.45) is 0 Å². The largest absolute Gasteiger partial charge is 0.347 e. The van der Waals surface area contributed by atoms with Crippen LogP contribution < -0.4 is 0 Å². The topological polar surface area (TPSA) is 104 Å². The third-order valence-electron chi connectivity index (χ3n) is 6.33. The number of aromatic amines is 1. The first-order chi connectivity index (χ1) is 16.5. The summed E-state index contributed by atoms with van der Waals surface area (Å²) in [4.78, 5) is 4.85. The monoisotopic (exact) mass is 461 g/mol. The maximum atomic E-state index is 5.68. The highest BCUT2D eigenvalue weighted by Gasteiger charge is 2.36. The maximum absolute atomic E-state index is 5.68. The number of rotatable bonds is 10. The lowest BCUT2D eigenvalue weighted by molar-refractivity contribution is -0.222. The molecule has 0 saturated heterocycles. The fourth-order valence-corrected chi connectivity index (χ4v) is 4.06. The molecule has 1 atom stereocenters. The molecule has 2 aromatic heterocycles. The fourth-order valence-electron chi connectivity index (χ4n) is 4.06. The van der Waals surface area contributed by atoms with Gasteiger partial charge in [-0.25, -0.2) is 9.67 Å². The number of benzene rings is 2. The number of hydrogen-bond acceptors (Lipinski definition) is 7. The van der Waals surface area contributed by atoms with Crippen LogP contribution in [0.3, 0.4) is 0 Å². The van der Waals surface area contributed by atoms with Gasteiger partial charge in [0.2, 0.25) is 17.4 Å². The number of nitrogens with zero attached hydrogens (tertiary/aromatic N) is 6. The molecule has 0 aliphatic carbocycles. The van der Waals surface area contributed by atoms with Crippen molar-refractivity contribution in [3.05, 3.63) is 65.7 Å². The molecule has 1 N–H and O–H groups in total. The number of tetrazole rings is 1. The molecule has 9 heteroatoms. The predicted octanol–water partition coefficient (Wildman–Crippen LogP) is 4.54. The zero-order valence-corrected chi connectivity index (χ0v) is 20.3. The van der Waals surface area contributed by atoms with Gasteiger partial charge in [-0.05, 0) is 28.3 Å². The van der Waals surface area contributed by atoms with Crippen LogP contribution in [0.25, 0.3) is 22.5 Å². The number of hydrogen-bond donors (Lipinski definition) is 1. The van der Waals surface area contributed by atoms with E-state index in [1.165, 1.54) is 0 Å². The van der Waals surface area contributed by atoms with Gasteiger partial charge in [-0.3, -0.25) is 0 Å². The van der Waals surface area contributed by atoms with E-state index in [9.17, 15) is 0 Å². The highest BCUT2D eigenvalue weighted by Crippen LogP contribution is 2.31. The Morgan fingerprint density at radius 2 is 1.71 bits per heavy atom. The molecule has 9 nitrogen and oxygen atoms in total. The van der Waals surface area contributed by atoms with Gasteiger partial charge in [-0.2, -0.15) is 5.21 Å². The Bertz CT molecular complexity index is 1190. The molecule has 0 aliphatic heterocycles. The van der Waals surface area contributed by atoms with E-state index >= 15 is 0 Å². The lowest BCUT2D eigenvalue weighted by atomic mass is 9.98. The first kappa shape index (κ1) is 23.7. The minimum Gasteiger partial charge on any atom is -0.347 e. The van der Waals surface area contributed by atoms with Gasteiger partial charge in [0.25, 0.3) is 0 Å². The molecule has 178 valence electrons. The zero-order valence-electron chi connectivity index (χ0n) is 20.3. The van der Waals surface area contributed by atoms with Crippen LogP contribution in [0.5, 0.6) is 0 Å². The maximum Gasteiger partial charge on any atom is 0.231 e. The van der Waals surface area contributed by atoms with Crippen molar-refractivity contribution in [2.75, 3.05) is 14.2 Å². The van der Waals surface area contributed by atoms with Crippen LogP contribution in [0.2, 0.25) is 0 Å². The van der Waals surface area contributed by atoms with E-state index in [4.69, 9.17) is 19.6 Å². The van der Waals surface area contributed by atoms with Crippen molar-refractivity contribution in [1.82, 2.24) is 35.4 Å². The number of H-pyrrole nitrogens is 1. The lowest BCUT2D eigenvalue weighted by Gasteiger charge is -2.26. The summed E-state index contributed by atoms with van der Waals surface area (Å²) in [6.07, 6.45) is 1.57. The standard InChI is InChI=1S/C25H31N7O2/c1-6-17(3)23-26-24(25(7-2,33-4)34-5)29-32(23)16-18-12-14-19(15-13-18)20-10-8-9-11-21(20)22-27-30-31-28-22/h8-15,17H,6-7,16H2,1-5H3,(H,27,28,30,31). The van der Waals surface area contributed by atoms with Crippen LogP contribution in [-0.4, -0.2) is 49.6 Å². The average molecular weight is 462 g/mol. The molecule has 2 aromatic carbocycles. The van der Waals surface area contributed by atoms with Gasteiger partial charge >= 0.3 is 0 Å². The lowest BCUT2D eigenvalue weighted by Crippen LogP contribution is -2.31. The molecule has 0 bridgehead atoms. The van der Waals surface area contributed by atoms with Crippen molar-refractivity contribution in [1.29, 1.82) is 0 Å². The predicted molar refractivity (Wildman–Crippen MR) is 129 cm³/mol. The van der Waals surface area contributed by atoms with Gasteiger partial charge in [0.1, 0.15) is 5.82 Å². The van der Waals surface area contributed by atoms with Crippen LogP contribution in [-0.2, 0) is 21.8 Å². The molecule has 34 heavy (non-hydrogen) atoms. The summed E-state index contributed by atoms with van der Waals surface area (Å²) in [6, 6.07) is 16.5. The molecule has 0 radical (unpaired) electrons. The van der Waals surface area contributed by atoms with Crippen molar-refractivity contribution >= 4 is 0 Å². The van der Waals surface area contributed by atoms with E-state index in [-0.39, 0.29) is 5.92 Å². The zero-order chi connectivity index (χ0) is 24.1. The summed E-state index contributed by atoms with van der Waals surface area (Å²) in [5.74, 6) is 1.36. The quantitative estimate of drug-likeness (QED) is 0.346. The number of nitrogens with one attached hydrogen (secondary N) is 1. The van der Waals surface area contributed by atoms with Crippen LogP contribution in [0.1, 0.15) is 56.7 Å². The summed E-state index contributed by atoms with van der Waals surface area (Å²) in [5.41, 5.74) is 4.18. The van der Waals surface area contributed by atoms with E-state index < -0.39 is 5.79 Å². The average Bonchev–Trinajstić information content (AvgIpc) is 3.57. The Balaban J connectivity index is 1.65. The minimum absolute atomic E-state index is 0.255. The van der Waals surface area contributed by atoms with Gasteiger partial charge in [-0.1, -0.05) is 69.3 Å². The van der Waals surface area contributed by atoms with Gasteiger partial charge in [0.15, 0.2) is 0 Å². The van der Waals surface area contributed by atoms with Gasteiger partial charge in [-0.15, -0.1) is 15.3 Å². The first-order valence-corrected chi connectivity index (χ1v) is 11.5. The van der Waals surface area contributed by atoms with Crippen LogP contribution in [0.15, 0.2) is 48.5 Å². The molecule has 0 aliphatic rings. The second-order valence-electron chi connectivity index (χ2n) is 8.25. The van der Waals surface area contributed by atoms with Crippen molar-refractivity contribution in [2.45, 2.75) is 51.9 Å². The van der Waals surface area contributed by atoms with Crippen molar-refractivity contribution in [3.8, 4) is 22.5 Å². The third-order valence-corrected chi connectivity index (χ3v) is 6.33. The number of aromatic nitrogens is 7. The second-order valence-corrected chi connectivity index (χ2v) is 8.25. The molecule has 0 saturated carbocycles. The van der Waals surface area contributed by atoms with Crippen LogP contribution in [0.4, 0.5) is 0 Å². The molecule has 0 amide bonds. The summed E-state index contributed by atoms with van der Waals surface area (Å²) in [7, 11) is 3.25. The highest BCUT2D eigenvalue weighted by atomic mass is 16.7. The second kappa shape index (κ2) is 10.2. The molecule has 1 unspecified atom stereocenters. The minimum atomic E-state index is -0.948. The SMILES string of the molecule is CCC(C)c1nc(C(CC)(OC)OC)nn1Cc1ccc(-c2ccccc2-c2nn[nH]n2)cc1. The Kier molecular flexibility index (Phi) is 7.14. The Hall–Kier alpha value is -3.43. The van der Waals surface area contributed by atoms with E-state index in [0.717, 1.165) is 34.5 Å². The van der Waals surface area contributed by atoms with E-state index in [0.29, 0.717) is 24.6 Å². The van der Waals surface area contributed by atoms with E-state index in [2.05, 4.69) is 64.8 Å². The first-order valence-electron chi connectivity index (χ1n) is 11.5. The smallest absolute Gasteiger partial charge is 0.231 e. The van der Waals surface area contributed by atoms with Crippen LogP contribution in [0, 0.1) is 0 Å². The highest BCUT2D eigenvalue weighted by molar-refractivity contribution is 5.80. The van der Waals surface area contributed by atoms with Gasteiger partial charge in [0.05, 0.1) is 6.54 Å². The molecular formula is C25H31N7O2. The van der Waals surface area contributed by atoms with E-state index in [1.807, 2.05) is 29.8 Å². The number of methoxy groups -OCH3 is 2. The van der Waals surface area contributed by atoms with Gasteiger partial charge < -0.3 is 9.47 Å². The molecule has 2 heterocycles. The summed E-state index contributed by atoms with van der Waals surface area (Å²) in [6.45, 7) is 6.92. The van der Waals surface area contributed by atoms with Crippen LogP contribution >= 0.6 is 0 Å². The molecular weight excluding hydrogens is 430 g/mol. The summed E-state index contributed by atoms with van der Waals surface area (Å²) >= 11 is 0. The fraction of sp³-hybridized carbons (Fsp3) is 0.400. The molecule has 4 aromatic rings. The Morgan fingerprint density at radius 3 is 2.29 bits per heavy atom. The molecule has 0 spiro atoms. The van der Waals surface area contributed by atoms with Crippen molar-refractivity contribution < 1.29 is 9.47 Å². The summed E-state index contributed by atoms with van der Waals surface area (Å²) in [5, 5.41) is 19.3. The Labute approximate surface area is 199 Å². The molecule has 4 rings (SSSR count). The molecule has 0 fully saturated rings. The number of ether oxygens (including phenoxy) is 2.